The number of ether oxygens (including phenoxy) is 1. The molecule has 0 saturated carbocycles. The fourth-order valence-corrected chi connectivity index (χ4v) is 2.16. The molecule has 6 heteroatoms. The lowest BCUT2D eigenvalue weighted by Gasteiger charge is -2.09. The summed E-state index contributed by atoms with van der Waals surface area (Å²) in [6, 6.07) is 7.21. The van der Waals surface area contributed by atoms with Crippen LogP contribution in [0.25, 0.3) is 5.69 Å². The second-order valence-electron chi connectivity index (χ2n) is 5.18. The first-order valence-corrected chi connectivity index (χ1v) is 7.61. The van der Waals surface area contributed by atoms with E-state index in [-0.39, 0.29) is 5.56 Å². The van der Waals surface area contributed by atoms with Gasteiger partial charge in [0, 0.05) is 6.20 Å². The van der Waals surface area contributed by atoms with E-state index in [1.54, 1.807) is 18.2 Å². The minimum Gasteiger partial charge on any atom is -0.492 e. The molecule has 1 aromatic heterocycles. The molecule has 0 atom stereocenters. The second kappa shape index (κ2) is 7.99. The molecule has 0 fully saturated rings. The van der Waals surface area contributed by atoms with Gasteiger partial charge >= 0.3 is 5.97 Å². The Kier molecular flexibility index (Phi) is 5.75. The number of unbranched alkanes of at least 4 members (excludes halogenated alkanes) is 3. The van der Waals surface area contributed by atoms with Gasteiger partial charge in [0.25, 0.3) is 0 Å². The molecular formula is C17H19N3O3. The summed E-state index contributed by atoms with van der Waals surface area (Å²) in [6.45, 7) is 2.73. The van der Waals surface area contributed by atoms with Gasteiger partial charge in [-0.05, 0) is 24.6 Å². The van der Waals surface area contributed by atoms with Crippen LogP contribution in [0, 0.1) is 11.3 Å². The standard InChI is InChI=1S/C17H19N3O3/c1-2-3-4-5-8-23-16-7-6-15(9-13(16)10-18)20-12-14(11-19-20)17(21)22/h6-7,9,11-12H,2-5,8H2,1H3,(H,21,22). The van der Waals surface area contributed by atoms with Gasteiger partial charge in [0.15, 0.2) is 0 Å². The fraction of sp³-hybridized carbons (Fsp3) is 0.353. The van der Waals surface area contributed by atoms with Gasteiger partial charge in [0.2, 0.25) is 0 Å². The van der Waals surface area contributed by atoms with E-state index >= 15 is 0 Å². The lowest BCUT2D eigenvalue weighted by atomic mass is 10.2. The summed E-state index contributed by atoms with van der Waals surface area (Å²) in [4.78, 5) is 10.9. The Morgan fingerprint density at radius 3 is 2.87 bits per heavy atom. The SMILES string of the molecule is CCCCCCOc1ccc(-n2cc(C(=O)O)cn2)cc1C#N. The molecule has 1 heterocycles. The maximum atomic E-state index is 10.9. The van der Waals surface area contributed by atoms with Crippen molar-refractivity contribution in [3.63, 3.8) is 0 Å². The summed E-state index contributed by atoms with van der Waals surface area (Å²) >= 11 is 0. The number of nitrogens with zero attached hydrogens (tertiary/aromatic N) is 3. The number of aromatic carboxylic acids is 1. The molecule has 0 unspecified atom stereocenters. The molecule has 0 saturated heterocycles. The van der Waals surface area contributed by atoms with Gasteiger partial charge in [-0.25, -0.2) is 9.48 Å². The Morgan fingerprint density at radius 2 is 2.22 bits per heavy atom. The van der Waals surface area contributed by atoms with Gasteiger partial charge in [0.05, 0.1) is 29.6 Å². The van der Waals surface area contributed by atoms with Gasteiger partial charge in [-0.1, -0.05) is 26.2 Å². The van der Waals surface area contributed by atoms with Crippen molar-refractivity contribution < 1.29 is 14.6 Å². The molecule has 0 aliphatic heterocycles. The molecule has 23 heavy (non-hydrogen) atoms. The molecule has 1 aromatic carbocycles. The number of rotatable bonds is 8. The third-order valence-electron chi connectivity index (χ3n) is 3.43. The van der Waals surface area contributed by atoms with Crippen LogP contribution in [0.4, 0.5) is 0 Å². The summed E-state index contributed by atoms with van der Waals surface area (Å²) in [6.07, 6.45) is 7.10. The van der Waals surface area contributed by atoms with Crippen molar-refractivity contribution in [1.29, 1.82) is 5.26 Å². The van der Waals surface area contributed by atoms with Crippen LogP contribution in [-0.4, -0.2) is 27.5 Å². The second-order valence-corrected chi connectivity index (χ2v) is 5.18. The Morgan fingerprint density at radius 1 is 1.39 bits per heavy atom. The number of carbonyl (C=O) groups is 1. The smallest absolute Gasteiger partial charge is 0.338 e. The number of aromatic nitrogens is 2. The average molecular weight is 313 g/mol. The molecular weight excluding hydrogens is 294 g/mol. The molecule has 0 aliphatic rings. The molecule has 0 radical (unpaired) electrons. The topological polar surface area (TPSA) is 88.1 Å². The number of carboxylic acids is 1. The highest BCUT2D eigenvalue weighted by atomic mass is 16.5. The molecule has 0 spiro atoms. The highest BCUT2D eigenvalue weighted by Crippen LogP contribution is 2.22. The molecule has 0 amide bonds. The van der Waals surface area contributed by atoms with E-state index in [0.717, 1.165) is 12.8 Å². The van der Waals surface area contributed by atoms with Gasteiger partial charge < -0.3 is 9.84 Å². The molecule has 1 N–H and O–H groups in total. The van der Waals surface area contributed by atoms with Crippen LogP contribution < -0.4 is 4.74 Å². The van der Waals surface area contributed by atoms with Gasteiger partial charge in [0.1, 0.15) is 11.8 Å². The molecule has 120 valence electrons. The first-order chi connectivity index (χ1) is 11.2. The van der Waals surface area contributed by atoms with Crippen molar-refractivity contribution in [3.05, 3.63) is 41.7 Å². The maximum Gasteiger partial charge on any atom is 0.338 e. The first kappa shape index (κ1) is 16.6. The summed E-state index contributed by atoms with van der Waals surface area (Å²) in [5.41, 5.74) is 1.12. The van der Waals surface area contributed by atoms with E-state index in [4.69, 9.17) is 9.84 Å². The van der Waals surface area contributed by atoms with Gasteiger partial charge in [-0.3, -0.25) is 0 Å². The van der Waals surface area contributed by atoms with Crippen LogP contribution in [0.2, 0.25) is 0 Å². The zero-order valence-corrected chi connectivity index (χ0v) is 13.0. The van der Waals surface area contributed by atoms with Crippen LogP contribution in [0.15, 0.2) is 30.6 Å². The molecule has 0 aliphatic carbocycles. The largest absolute Gasteiger partial charge is 0.492 e. The number of hydrogen-bond acceptors (Lipinski definition) is 4. The minimum atomic E-state index is -1.04. The van der Waals surface area contributed by atoms with Crippen molar-refractivity contribution in [2.75, 3.05) is 6.61 Å². The lowest BCUT2D eigenvalue weighted by molar-refractivity contribution is 0.0697. The van der Waals surface area contributed by atoms with E-state index in [9.17, 15) is 10.1 Å². The Hall–Kier alpha value is -2.81. The number of carboxylic acid groups (broad SMARTS) is 1. The van der Waals surface area contributed by atoms with Gasteiger partial charge in [-0.15, -0.1) is 0 Å². The van der Waals surface area contributed by atoms with E-state index in [1.807, 2.05) is 0 Å². The summed E-state index contributed by atoms with van der Waals surface area (Å²) in [5, 5.41) is 22.2. The minimum absolute atomic E-state index is 0.0970. The van der Waals surface area contributed by atoms with Crippen LogP contribution in [0.5, 0.6) is 5.75 Å². The molecule has 2 aromatic rings. The Bertz CT molecular complexity index is 716. The van der Waals surface area contributed by atoms with Crippen LogP contribution >= 0.6 is 0 Å². The Balaban J connectivity index is 2.09. The van der Waals surface area contributed by atoms with Crippen molar-refractivity contribution in [1.82, 2.24) is 9.78 Å². The van der Waals surface area contributed by atoms with E-state index in [0.29, 0.717) is 23.6 Å². The van der Waals surface area contributed by atoms with E-state index < -0.39 is 5.97 Å². The quantitative estimate of drug-likeness (QED) is 0.754. The van der Waals surface area contributed by atoms with Crippen molar-refractivity contribution in [2.45, 2.75) is 32.6 Å². The van der Waals surface area contributed by atoms with E-state index in [2.05, 4.69) is 18.1 Å². The van der Waals surface area contributed by atoms with Crippen molar-refractivity contribution in [2.24, 2.45) is 0 Å². The third kappa shape index (κ3) is 4.33. The predicted octanol–water partition coefficient (Wildman–Crippen LogP) is 3.40. The predicted molar refractivity (Wildman–Crippen MR) is 84.9 cm³/mol. The highest BCUT2D eigenvalue weighted by molar-refractivity contribution is 5.87. The molecule has 6 nitrogen and oxygen atoms in total. The van der Waals surface area contributed by atoms with E-state index in [1.165, 1.54) is 29.9 Å². The molecule has 2 rings (SSSR count). The summed E-state index contributed by atoms with van der Waals surface area (Å²) < 4.78 is 7.09. The maximum absolute atomic E-state index is 10.9. The van der Waals surface area contributed by atoms with Crippen molar-refractivity contribution in [3.8, 4) is 17.5 Å². The Labute approximate surface area is 134 Å². The lowest BCUT2D eigenvalue weighted by Crippen LogP contribution is -2.01. The first-order valence-electron chi connectivity index (χ1n) is 7.61. The van der Waals surface area contributed by atoms with Crippen LogP contribution in [-0.2, 0) is 0 Å². The zero-order valence-electron chi connectivity index (χ0n) is 13.0. The highest BCUT2D eigenvalue weighted by Gasteiger charge is 2.10. The number of nitriles is 1. The van der Waals surface area contributed by atoms with Crippen LogP contribution in [0.1, 0.15) is 48.5 Å². The fourth-order valence-electron chi connectivity index (χ4n) is 2.16. The van der Waals surface area contributed by atoms with Crippen molar-refractivity contribution >= 4 is 5.97 Å². The normalized spacial score (nSPS) is 10.3. The number of benzene rings is 1. The molecule has 0 bridgehead atoms. The third-order valence-corrected chi connectivity index (χ3v) is 3.43. The average Bonchev–Trinajstić information content (AvgIpc) is 3.05. The summed E-state index contributed by atoms with van der Waals surface area (Å²) in [7, 11) is 0. The zero-order chi connectivity index (χ0) is 16.7. The van der Waals surface area contributed by atoms with Gasteiger partial charge in [-0.2, -0.15) is 10.4 Å². The summed E-state index contributed by atoms with van der Waals surface area (Å²) in [5.74, 6) is -0.498. The van der Waals surface area contributed by atoms with Crippen LogP contribution in [0.3, 0.4) is 0 Å². The number of hydrogen-bond donors (Lipinski definition) is 1. The monoisotopic (exact) mass is 313 g/mol.